The van der Waals surface area contributed by atoms with Crippen LogP contribution >= 0.6 is 0 Å². The maximum Gasteiger partial charge on any atom is 0.232 e. The molecule has 21 heavy (non-hydrogen) atoms. The number of rotatable bonds is 6. The number of anilines is 1. The molecule has 0 aliphatic rings. The monoisotopic (exact) mass is 312 g/mol. The number of hydrogen-bond donors (Lipinski definition) is 0. The number of aryl methyl sites for hydroxylation is 2. The van der Waals surface area contributed by atoms with Crippen LogP contribution < -0.4 is 4.31 Å². The lowest BCUT2D eigenvalue weighted by Crippen LogP contribution is -2.32. The average molecular weight is 312 g/mol. The molecule has 0 radical (unpaired) electrons. The first kappa shape index (κ1) is 17.5. The van der Waals surface area contributed by atoms with Gasteiger partial charge in [-0.3, -0.25) is 9.10 Å². The number of nitrogens with zero attached hydrogens (tertiary/aromatic N) is 2. The second-order valence-corrected chi connectivity index (χ2v) is 7.40. The van der Waals surface area contributed by atoms with Crippen molar-refractivity contribution >= 4 is 21.6 Å². The van der Waals surface area contributed by atoms with Crippen LogP contribution in [0.1, 0.15) is 24.0 Å². The lowest BCUT2D eigenvalue weighted by atomic mass is 10.1. The van der Waals surface area contributed by atoms with Crippen LogP contribution in [0.2, 0.25) is 0 Å². The first-order chi connectivity index (χ1) is 9.62. The van der Waals surface area contributed by atoms with E-state index in [0.29, 0.717) is 25.1 Å². The molecule has 0 aromatic heterocycles. The van der Waals surface area contributed by atoms with Gasteiger partial charge in [-0.2, -0.15) is 0 Å². The molecule has 0 unspecified atom stereocenters. The molecule has 1 aromatic rings. The van der Waals surface area contributed by atoms with E-state index in [1.165, 1.54) is 15.5 Å². The third-order valence-electron chi connectivity index (χ3n) is 3.43. The molecule has 0 saturated carbocycles. The fourth-order valence-corrected chi connectivity index (χ4v) is 2.92. The Kier molecular flexibility index (Phi) is 5.78. The smallest absolute Gasteiger partial charge is 0.232 e. The van der Waals surface area contributed by atoms with Gasteiger partial charge in [0.25, 0.3) is 0 Å². The van der Waals surface area contributed by atoms with Gasteiger partial charge in [0.2, 0.25) is 15.9 Å². The van der Waals surface area contributed by atoms with Crippen molar-refractivity contribution < 1.29 is 13.2 Å². The highest BCUT2D eigenvalue weighted by Crippen LogP contribution is 2.21. The van der Waals surface area contributed by atoms with Gasteiger partial charge in [0.15, 0.2) is 0 Å². The molecule has 0 atom stereocenters. The first-order valence-electron chi connectivity index (χ1n) is 6.88. The normalized spacial score (nSPS) is 11.3. The maximum absolute atomic E-state index is 12.0. The highest BCUT2D eigenvalue weighted by Gasteiger charge is 2.18. The third-order valence-corrected chi connectivity index (χ3v) is 4.62. The summed E-state index contributed by atoms with van der Waals surface area (Å²) in [4.78, 5) is 13.1. The molecule has 0 spiro atoms. The number of carbonyl (C=O) groups is 1. The van der Waals surface area contributed by atoms with E-state index in [1.807, 2.05) is 26.0 Å². The topological polar surface area (TPSA) is 57.7 Å². The minimum absolute atomic E-state index is 0.00328. The molecule has 0 heterocycles. The summed E-state index contributed by atoms with van der Waals surface area (Å²) in [6, 6.07) is 5.58. The van der Waals surface area contributed by atoms with Crippen molar-refractivity contribution in [1.29, 1.82) is 0 Å². The van der Waals surface area contributed by atoms with Gasteiger partial charge in [0, 0.05) is 27.1 Å². The van der Waals surface area contributed by atoms with Crippen LogP contribution in [0, 0.1) is 13.8 Å². The van der Waals surface area contributed by atoms with Gasteiger partial charge in [-0.1, -0.05) is 6.07 Å². The molecule has 1 amide bonds. The molecule has 0 aliphatic heterocycles. The van der Waals surface area contributed by atoms with E-state index in [2.05, 4.69) is 0 Å². The number of amides is 1. The largest absolute Gasteiger partial charge is 0.349 e. The predicted molar refractivity (Wildman–Crippen MR) is 86.0 cm³/mol. The number of hydrogen-bond acceptors (Lipinski definition) is 3. The molecule has 0 bridgehead atoms. The average Bonchev–Trinajstić information content (AvgIpc) is 2.36. The second kappa shape index (κ2) is 6.93. The lowest BCUT2D eigenvalue weighted by molar-refractivity contribution is -0.128. The van der Waals surface area contributed by atoms with Crippen molar-refractivity contribution in [1.82, 2.24) is 4.90 Å². The number of benzene rings is 1. The van der Waals surface area contributed by atoms with E-state index >= 15 is 0 Å². The van der Waals surface area contributed by atoms with Gasteiger partial charge in [0.1, 0.15) is 0 Å². The SMILES string of the molecule is Cc1ccc(N(CCCC(=O)N(C)C)S(C)(=O)=O)cc1C. The Bertz CT molecular complexity index is 609. The number of carbonyl (C=O) groups excluding carboxylic acids is 1. The van der Waals surface area contributed by atoms with E-state index in [1.54, 1.807) is 20.2 Å². The van der Waals surface area contributed by atoms with E-state index < -0.39 is 10.0 Å². The van der Waals surface area contributed by atoms with Crippen molar-refractivity contribution in [3.05, 3.63) is 29.3 Å². The molecule has 0 fully saturated rings. The van der Waals surface area contributed by atoms with Gasteiger partial charge in [-0.25, -0.2) is 8.42 Å². The van der Waals surface area contributed by atoms with Crippen LogP contribution in [0.3, 0.4) is 0 Å². The highest BCUT2D eigenvalue weighted by molar-refractivity contribution is 7.92. The summed E-state index contributed by atoms with van der Waals surface area (Å²) in [5, 5.41) is 0. The van der Waals surface area contributed by atoms with Gasteiger partial charge in [-0.15, -0.1) is 0 Å². The van der Waals surface area contributed by atoms with E-state index in [9.17, 15) is 13.2 Å². The van der Waals surface area contributed by atoms with Crippen LogP contribution in [0.25, 0.3) is 0 Å². The van der Waals surface area contributed by atoms with Gasteiger partial charge in [-0.05, 0) is 43.5 Å². The van der Waals surface area contributed by atoms with Gasteiger partial charge in [0.05, 0.1) is 11.9 Å². The highest BCUT2D eigenvalue weighted by atomic mass is 32.2. The zero-order chi connectivity index (χ0) is 16.2. The molecule has 118 valence electrons. The molecular formula is C15H24N2O3S. The van der Waals surface area contributed by atoms with E-state index in [-0.39, 0.29) is 5.91 Å². The molecule has 1 aromatic carbocycles. The van der Waals surface area contributed by atoms with Crippen LogP contribution in [0.4, 0.5) is 5.69 Å². The van der Waals surface area contributed by atoms with Crippen molar-refractivity contribution in [3.63, 3.8) is 0 Å². The second-order valence-electron chi connectivity index (χ2n) is 5.50. The van der Waals surface area contributed by atoms with Gasteiger partial charge < -0.3 is 4.90 Å². The van der Waals surface area contributed by atoms with Crippen LogP contribution in [-0.2, 0) is 14.8 Å². The molecule has 0 N–H and O–H groups in total. The Balaban J connectivity index is 2.87. The van der Waals surface area contributed by atoms with E-state index in [0.717, 1.165) is 11.1 Å². The Hall–Kier alpha value is -1.56. The van der Waals surface area contributed by atoms with Crippen molar-refractivity contribution in [2.45, 2.75) is 26.7 Å². The standard InChI is InChI=1S/C15H24N2O3S/c1-12-8-9-14(11-13(12)2)17(21(5,19)20)10-6-7-15(18)16(3)4/h8-9,11H,6-7,10H2,1-5H3. The quantitative estimate of drug-likeness (QED) is 0.806. The fraction of sp³-hybridized carbons (Fsp3) is 0.533. The van der Waals surface area contributed by atoms with Crippen molar-refractivity contribution in [2.75, 3.05) is 31.2 Å². The molecule has 1 rings (SSSR count). The summed E-state index contributed by atoms with van der Waals surface area (Å²) in [6.45, 7) is 4.25. The third kappa shape index (κ3) is 5.04. The summed E-state index contributed by atoms with van der Waals surface area (Å²) in [7, 11) is 0.0315. The van der Waals surface area contributed by atoms with Gasteiger partial charge >= 0.3 is 0 Å². The zero-order valence-corrected chi connectivity index (χ0v) is 14.2. The molecule has 5 nitrogen and oxygen atoms in total. The predicted octanol–water partition coefficient (Wildman–Crippen LogP) is 1.94. The molecular weight excluding hydrogens is 288 g/mol. The minimum Gasteiger partial charge on any atom is -0.349 e. The first-order valence-corrected chi connectivity index (χ1v) is 8.73. The van der Waals surface area contributed by atoms with Crippen LogP contribution in [0.5, 0.6) is 0 Å². The zero-order valence-electron chi connectivity index (χ0n) is 13.4. The summed E-state index contributed by atoms with van der Waals surface area (Å²) in [6.07, 6.45) is 2.02. The summed E-state index contributed by atoms with van der Waals surface area (Å²) in [5.41, 5.74) is 2.82. The van der Waals surface area contributed by atoms with Crippen molar-refractivity contribution in [2.24, 2.45) is 0 Å². The maximum atomic E-state index is 12.0. The summed E-state index contributed by atoms with van der Waals surface area (Å²) in [5.74, 6) is 0.00328. The molecule has 0 aliphatic carbocycles. The van der Waals surface area contributed by atoms with E-state index in [4.69, 9.17) is 0 Å². The Morgan fingerprint density at radius 2 is 1.76 bits per heavy atom. The summed E-state index contributed by atoms with van der Waals surface area (Å²) < 4.78 is 25.3. The van der Waals surface area contributed by atoms with Crippen LogP contribution in [0.15, 0.2) is 18.2 Å². The number of sulfonamides is 1. The Morgan fingerprint density at radius 3 is 2.24 bits per heavy atom. The van der Waals surface area contributed by atoms with Crippen molar-refractivity contribution in [3.8, 4) is 0 Å². The molecule has 0 saturated heterocycles. The molecule has 6 heteroatoms. The Morgan fingerprint density at radius 1 is 1.14 bits per heavy atom. The summed E-state index contributed by atoms with van der Waals surface area (Å²) >= 11 is 0. The Labute approximate surface area is 127 Å². The van der Waals surface area contributed by atoms with Crippen LogP contribution in [-0.4, -0.2) is 46.1 Å². The fourth-order valence-electron chi connectivity index (χ4n) is 1.96. The lowest BCUT2D eigenvalue weighted by Gasteiger charge is -2.23. The minimum atomic E-state index is -3.36.